The van der Waals surface area contributed by atoms with Gasteiger partial charge >= 0.3 is 0 Å². The number of carbonyl (C=O) groups is 1. The van der Waals surface area contributed by atoms with Crippen molar-refractivity contribution >= 4 is 40.5 Å². The fourth-order valence-corrected chi connectivity index (χ4v) is 2.28. The Bertz CT molecular complexity index is 735. The maximum absolute atomic E-state index is 12.0. The van der Waals surface area contributed by atoms with Crippen LogP contribution in [-0.4, -0.2) is 15.5 Å². The summed E-state index contributed by atoms with van der Waals surface area (Å²) in [5.41, 5.74) is 6.50. The van der Waals surface area contributed by atoms with Crippen molar-refractivity contribution in [3.63, 3.8) is 0 Å². The molecule has 0 bridgehead atoms. The van der Waals surface area contributed by atoms with Gasteiger partial charge in [0.2, 0.25) is 5.91 Å². The average molecular weight is 327 g/mol. The third-order valence-corrected chi connectivity index (χ3v) is 3.26. The van der Waals surface area contributed by atoms with Gasteiger partial charge in [0.25, 0.3) is 5.56 Å². The second-order valence-electron chi connectivity index (χ2n) is 4.40. The van der Waals surface area contributed by atoms with Crippen molar-refractivity contribution < 1.29 is 4.79 Å². The second kappa shape index (κ2) is 6.15. The molecule has 0 aliphatic carbocycles. The molecule has 0 saturated carbocycles. The first-order chi connectivity index (χ1) is 9.86. The van der Waals surface area contributed by atoms with Gasteiger partial charge in [-0.3, -0.25) is 14.2 Å². The Morgan fingerprint density at radius 1 is 1.33 bits per heavy atom. The van der Waals surface area contributed by atoms with Crippen LogP contribution in [0.2, 0.25) is 10.0 Å². The number of carbonyl (C=O) groups excluding carboxylic acids is 1. The van der Waals surface area contributed by atoms with Gasteiger partial charge < -0.3 is 11.1 Å². The van der Waals surface area contributed by atoms with Crippen LogP contribution in [0, 0.1) is 6.92 Å². The summed E-state index contributed by atoms with van der Waals surface area (Å²) in [6.07, 6.45) is 1.31. The predicted octanol–water partition coefficient (Wildman–Crippen LogP) is 2.08. The molecule has 110 valence electrons. The Morgan fingerprint density at radius 2 is 1.95 bits per heavy atom. The van der Waals surface area contributed by atoms with Crippen molar-refractivity contribution in [2.45, 2.75) is 13.5 Å². The SMILES string of the molecule is Cc1cc(=O)n(CC(=O)Nc2c(Cl)cc(N)cc2Cl)cn1. The molecule has 2 aromatic rings. The second-order valence-corrected chi connectivity index (χ2v) is 5.22. The number of rotatable bonds is 3. The molecule has 0 fully saturated rings. The van der Waals surface area contributed by atoms with E-state index < -0.39 is 5.91 Å². The van der Waals surface area contributed by atoms with Crippen molar-refractivity contribution in [1.82, 2.24) is 9.55 Å². The van der Waals surface area contributed by atoms with Gasteiger partial charge in [0.05, 0.1) is 22.1 Å². The fraction of sp³-hybridized carbons (Fsp3) is 0.154. The lowest BCUT2D eigenvalue weighted by molar-refractivity contribution is -0.116. The minimum atomic E-state index is -0.448. The summed E-state index contributed by atoms with van der Waals surface area (Å²) in [5.74, 6) is -0.448. The van der Waals surface area contributed by atoms with Gasteiger partial charge in [-0.15, -0.1) is 0 Å². The normalized spacial score (nSPS) is 10.4. The largest absolute Gasteiger partial charge is 0.399 e. The molecule has 1 aromatic carbocycles. The number of hydrogen-bond acceptors (Lipinski definition) is 4. The number of nitrogens with one attached hydrogen (secondary N) is 1. The number of aryl methyl sites for hydroxylation is 1. The number of amides is 1. The molecule has 1 heterocycles. The van der Waals surface area contributed by atoms with Gasteiger partial charge in [-0.25, -0.2) is 4.98 Å². The number of anilines is 2. The zero-order valence-electron chi connectivity index (χ0n) is 11.1. The van der Waals surface area contributed by atoms with Crippen LogP contribution in [-0.2, 0) is 11.3 Å². The molecule has 0 unspecified atom stereocenters. The number of halogens is 2. The summed E-state index contributed by atoms with van der Waals surface area (Å²) in [7, 11) is 0. The quantitative estimate of drug-likeness (QED) is 0.845. The minimum Gasteiger partial charge on any atom is -0.399 e. The number of hydrogen-bond donors (Lipinski definition) is 2. The monoisotopic (exact) mass is 326 g/mol. The maximum Gasteiger partial charge on any atom is 0.253 e. The summed E-state index contributed by atoms with van der Waals surface area (Å²) in [6.45, 7) is 1.50. The van der Waals surface area contributed by atoms with Crippen LogP contribution in [0.25, 0.3) is 0 Å². The van der Waals surface area contributed by atoms with Crippen LogP contribution in [0.3, 0.4) is 0 Å². The Morgan fingerprint density at radius 3 is 2.52 bits per heavy atom. The Kier molecular flexibility index (Phi) is 4.50. The molecule has 1 amide bonds. The van der Waals surface area contributed by atoms with Gasteiger partial charge in [-0.1, -0.05) is 23.2 Å². The van der Waals surface area contributed by atoms with Gasteiger partial charge in [-0.2, -0.15) is 0 Å². The number of benzene rings is 1. The minimum absolute atomic E-state index is 0.191. The van der Waals surface area contributed by atoms with Crippen LogP contribution in [0.15, 0.2) is 29.3 Å². The molecule has 0 aliphatic heterocycles. The summed E-state index contributed by atoms with van der Waals surface area (Å²) >= 11 is 11.9. The smallest absolute Gasteiger partial charge is 0.253 e. The first kappa shape index (κ1) is 15.3. The highest BCUT2D eigenvalue weighted by molar-refractivity contribution is 6.40. The number of nitrogens with two attached hydrogens (primary N) is 1. The average Bonchev–Trinajstić information content (AvgIpc) is 2.37. The van der Waals surface area contributed by atoms with Crippen LogP contribution < -0.4 is 16.6 Å². The van der Waals surface area contributed by atoms with Gasteiger partial charge in [0, 0.05) is 17.4 Å². The Hall–Kier alpha value is -2.05. The predicted molar refractivity (Wildman–Crippen MR) is 82.7 cm³/mol. The van der Waals surface area contributed by atoms with Crippen LogP contribution >= 0.6 is 23.2 Å². The zero-order valence-corrected chi connectivity index (χ0v) is 12.6. The van der Waals surface area contributed by atoms with Crippen LogP contribution in [0.5, 0.6) is 0 Å². The Labute approximate surface area is 130 Å². The van der Waals surface area contributed by atoms with Gasteiger partial charge in [0.15, 0.2) is 0 Å². The van der Waals surface area contributed by atoms with E-state index in [1.165, 1.54) is 29.1 Å². The van der Waals surface area contributed by atoms with Crippen molar-refractivity contribution in [2.75, 3.05) is 11.1 Å². The highest BCUT2D eigenvalue weighted by Crippen LogP contribution is 2.32. The molecule has 21 heavy (non-hydrogen) atoms. The molecule has 0 spiro atoms. The zero-order chi connectivity index (χ0) is 15.6. The first-order valence-corrected chi connectivity index (χ1v) is 6.70. The lowest BCUT2D eigenvalue weighted by Crippen LogP contribution is -2.27. The van der Waals surface area contributed by atoms with E-state index >= 15 is 0 Å². The summed E-state index contributed by atoms with van der Waals surface area (Å²) in [5, 5.41) is 3.00. The van der Waals surface area contributed by atoms with Gasteiger partial charge in [-0.05, 0) is 19.1 Å². The number of nitrogen functional groups attached to an aromatic ring is 1. The van der Waals surface area contributed by atoms with E-state index in [0.717, 1.165) is 0 Å². The molecular formula is C13H12Cl2N4O2. The first-order valence-electron chi connectivity index (χ1n) is 5.94. The van der Waals surface area contributed by atoms with Crippen molar-refractivity contribution in [2.24, 2.45) is 0 Å². The van der Waals surface area contributed by atoms with Crippen molar-refractivity contribution in [3.05, 3.63) is 50.6 Å². The maximum atomic E-state index is 12.0. The van der Waals surface area contributed by atoms with Crippen LogP contribution in [0.4, 0.5) is 11.4 Å². The highest BCUT2D eigenvalue weighted by Gasteiger charge is 2.12. The number of nitrogens with zero attached hydrogens (tertiary/aromatic N) is 2. The molecule has 0 radical (unpaired) electrons. The molecule has 2 rings (SSSR count). The summed E-state index contributed by atoms with van der Waals surface area (Å²) < 4.78 is 1.18. The molecule has 1 aromatic heterocycles. The third kappa shape index (κ3) is 3.74. The standard InChI is InChI=1S/C13H12Cl2N4O2/c1-7-2-12(21)19(6-17-7)5-11(20)18-13-9(14)3-8(16)4-10(13)15/h2-4,6H,5,16H2,1H3,(H,18,20). The lowest BCUT2D eigenvalue weighted by Gasteiger charge is -2.11. The molecule has 3 N–H and O–H groups in total. The summed E-state index contributed by atoms with van der Waals surface area (Å²) in [6, 6.07) is 4.29. The Balaban J connectivity index is 2.17. The molecule has 0 aliphatic rings. The summed E-state index contributed by atoms with van der Waals surface area (Å²) in [4.78, 5) is 27.6. The van der Waals surface area contributed by atoms with Crippen molar-refractivity contribution in [1.29, 1.82) is 0 Å². The lowest BCUT2D eigenvalue weighted by atomic mass is 10.2. The van der Waals surface area contributed by atoms with E-state index in [1.807, 2.05) is 0 Å². The highest BCUT2D eigenvalue weighted by atomic mass is 35.5. The number of aromatic nitrogens is 2. The van der Waals surface area contributed by atoms with E-state index in [0.29, 0.717) is 11.4 Å². The fourth-order valence-electron chi connectivity index (χ4n) is 1.68. The molecule has 6 nitrogen and oxygen atoms in total. The van der Waals surface area contributed by atoms with Crippen LogP contribution in [0.1, 0.15) is 5.69 Å². The molecule has 8 heteroatoms. The van der Waals surface area contributed by atoms with E-state index in [4.69, 9.17) is 28.9 Å². The molecule has 0 saturated heterocycles. The van der Waals surface area contributed by atoms with Gasteiger partial charge in [0.1, 0.15) is 6.54 Å². The molecule has 0 atom stereocenters. The third-order valence-electron chi connectivity index (χ3n) is 2.66. The molecular weight excluding hydrogens is 315 g/mol. The van der Waals surface area contributed by atoms with E-state index in [2.05, 4.69) is 10.3 Å². The van der Waals surface area contributed by atoms with E-state index in [1.54, 1.807) is 6.92 Å². The topological polar surface area (TPSA) is 90.0 Å². The van der Waals surface area contributed by atoms with Crippen molar-refractivity contribution in [3.8, 4) is 0 Å². The van der Waals surface area contributed by atoms with E-state index in [-0.39, 0.29) is 27.8 Å². The van der Waals surface area contributed by atoms with E-state index in [9.17, 15) is 9.59 Å².